The molecule has 0 unspecified atom stereocenters. The van der Waals surface area contributed by atoms with Crippen molar-refractivity contribution >= 4 is 28.1 Å². The largest absolute Gasteiger partial charge is 0.462 e. The number of ether oxygens (including phenoxy) is 1. The van der Waals surface area contributed by atoms with Crippen molar-refractivity contribution in [1.29, 1.82) is 0 Å². The predicted molar refractivity (Wildman–Crippen MR) is 129 cm³/mol. The van der Waals surface area contributed by atoms with E-state index in [0.717, 1.165) is 33.6 Å². The number of allylic oxidation sites excluding steroid dienone is 4. The maximum absolute atomic E-state index is 6.11. The minimum absolute atomic E-state index is 0.677. The van der Waals surface area contributed by atoms with E-state index < -0.39 is 0 Å². The van der Waals surface area contributed by atoms with Gasteiger partial charge in [-0.1, -0.05) is 36.4 Å². The Morgan fingerprint density at radius 2 is 1.77 bits per heavy atom. The molecular weight excluding hydrogens is 384 g/mol. The second-order valence-electron chi connectivity index (χ2n) is 7.27. The molecule has 2 aromatic carbocycles. The van der Waals surface area contributed by atoms with Gasteiger partial charge in [0.15, 0.2) is 0 Å². The van der Waals surface area contributed by atoms with Crippen LogP contribution in [0.25, 0.3) is 27.6 Å². The predicted octanol–water partition coefficient (Wildman–Crippen LogP) is 5.91. The smallest absolute Gasteiger partial charge is 0.137 e. The molecule has 2 aromatic heterocycles. The first-order valence-electron chi connectivity index (χ1n) is 9.99. The fourth-order valence-electron chi connectivity index (χ4n) is 3.63. The molecule has 0 spiro atoms. The van der Waals surface area contributed by atoms with Crippen LogP contribution in [0.2, 0.25) is 0 Å². The first-order chi connectivity index (χ1) is 15.1. The SMILES string of the molecule is C=C(C)/C=C(\C=C(/C)Oc1ccc2c3ccccc3n(-c3ccccn3)c2c1)N=CN. The summed E-state index contributed by atoms with van der Waals surface area (Å²) < 4.78 is 8.26. The number of pyridine rings is 1. The number of nitrogens with two attached hydrogens (primary N) is 1. The van der Waals surface area contributed by atoms with E-state index in [1.807, 2.05) is 62.4 Å². The summed E-state index contributed by atoms with van der Waals surface area (Å²) in [6.45, 7) is 7.68. The summed E-state index contributed by atoms with van der Waals surface area (Å²) in [6.07, 6.45) is 6.74. The minimum atomic E-state index is 0.677. The van der Waals surface area contributed by atoms with Crippen LogP contribution >= 0.6 is 0 Å². The highest BCUT2D eigenvalue weighted by molar-refractivity contribution is 6.09. The van der Waals surface area contributed by atoms with E-state index in [-0.39, 0.29) is 0 Å². The molecule has 4 aromatic rings. The lowest BCUT2D eigenvalue weighted by molar-refractivity contribution is 0.428. The Balaban J connectivity index is 1.80. The summed E-state index contributed by atoms with van der Waals surface area (Å²) >= 11 is 0. The van der Waals surface area contributed by atoms with Gasteiger partial charge in [0, 0.05) is 29.1 Å². The third-order valence-electron chi connectivity index (χ3n) is 4.77. The highest BCUT2D eigenvalue weighted by Crippen LogP contribution is 2.33. The van der Waals surface area contributed by atoms with E-state index >= 15 is 0 Å². The van der Waals surface area contributed by atoms with E-state index in [1.54, 1.807) is 6.20 Å². The van der Waals surface area contributed by atoms with Crippen molar-refractivity contribution < 1.29 is 4.74 Å². The summed E-state index contributed by atoms with van der Waals surface area (Å²) in [5.74, 6) is 2.28. The molecule has 0 amide bonds. The molecule has 2 heterocycles. The van der Waals surface area contributed by atoms with Crippen LogP contribution < -0.4 is 10.5 Å². The van der Waals surface area contributed by atoms with E-state index in [1.165, 1.54) is 11.7 Å². The van der Waals surface area contributed by atoms with Crippen LogP contribution in [0, 0.1) is 0 Å². The molecular formula is C26H24N4O. The molecule has 5 nitrogen and oxygen atoms in total. The zero-order valence-electron chi connectivity index (χ0n) is 17.6. The minimum Gasteiger partial charge on any atom is -0.462 e. The number of rotatable bonds is 6. The van der Waals surface area contributed by atoms with Crippen LogP contribution in [0.15, 0.2) is 108 Å². The summed E-state index contributed by atoms with van der Waals surface area (Å²) in [4.78, 5) is 8.73. The lowest BCUT2D eigenvalue weighted by Gasteiger charge is -2.09. The van der Waals surface area contributed by atoms with Gasteiger partial charge in [-0.25, -0.2) is 9.98 Å². The van der Waals surface area contributed by atoms with Crippen LogP contribution in [-0.4, -0.2) is 15.9 Å². The van der Waals surface area contributed by atoms with Gasteiger partial charge in [0.05, 0.1) is 23.1 Å². The number of para-hydroxylation sites is 1. The zero-order valence-corrected chi connectivity index (χ0v) is 17.6. The third-order valence-corrected chi connectivity index (χ3v) is 4.77. The molecule has 4 rings (SSSR count). The first kappa shape index (κ1) is 20.2. The topological polar surface area (TPSA) is 65.4 Å². The quantitative estimate of drug-likeness (QED) is 0.187. The van der Waals surface area contributed by atoms with Crippen molar-refractivity contribution in [1.82, 2.24) is 9.55 Å². The van der Waals surface area contributed by atoms with Crippen molar-refractivity contribution in [3.05, 3.63) is 103 Å². The molecule has 154 valence electrons. The Morgan fingerprint density at radius 1 is 1.00 bits per heavy atom. The zero-order chi connectivity index (χ0) is 21.8. The second-order valence-corrected chi connectivity index (χ2v) is 7.27. The Kier molecular flexibility index (Phi) is 5.67. The number of hydrogen-bond donors (Lipinski definition) is 1. The van der Waals surface area contributed by atoms with Gasteiger partial charge in [-0.3, -0.25) is 4.57 Å². The summed E-state index contributed by atoms with van der Waals surface area (Å²) in [5.41, 5.74) is 9.15. The lowest BCUT2D eigenvalue weighted by atomic mass is 10.1. The molecule has 0 aliphatic heterocycles. The fourth-order valence-corrected chi connectivity index (χ4v) is 3.63. The van der Waals surface area contributed by atoms with Crippen molar-refractivity contribution in [3.8, 4) is 11.6 Å². The molecule has 0 aliphatic carbocycles. The van der Waals surface area contributed by atoms with Crippen molar-refractivity contribution in [2.45, 2.75) is 13.8 Å². The van der Waals surface area contributed by atoms with Crippen LogP contribution in [0.5, 0.6) is 5.75 Å². The van der Waals surface area contributed by atoms with Crippen LogP contribution in [-0.2, 0) is 0 Å². The van der Waals surface area contributed by atoms with Gasteiger partial charge in [-0.15, -0.1) is 0 Å². The van der Waals surface area contributed by atoms with Crippen LogP contribution in [0.1, 0.15) is 13.8 Å². The van der Waals surface area contributed by atoms with E-state index in [0.29, 0.717) is 11.5 Å². The normalized spacial score (nSPS) is 12.7. The maximum atomic E-state index is 6.11. The lowest BCUT2D eigenvalue weighted by Crippen LogP contribution is -1.97. The van der Waals surface area contributed by atoms with E-state index in [9.17, 15) is 0 Å². The molecule has 0 fully saturated rings. The average Bonchev–Trinajstić information content (AvgIpc) is 3.07. The average molecular weight is 409 g/mol. The highest BCUT2D eigenvalue weighted by Gasteiger charge is 2.13. The summed E-state index contributed by atoms with van der Waals surface area (Å²) in [6, 6.07) is 20.3. The van der Waals surface area contributed by atoms with Gasteiger partial charge >= 0.3 is 0 Å². The number of aromatic nitrogens is 2. The van der Waals surface area contributed by atoms with Gasteiger partial charge in [0.1, 0.15) is 17.3 Å². The third kappa shape index (κ3) is 4.26. The molecule has 0 saturated heterocycles. The monoisotopic (exact) mass is 408 g/mol. The first-order valence-corrected chi connectivity index (χ1v) is 9.99. The van der Waals surface area contributed by atoms with Crippen molar-refractivity contribution in [2.24, 2.45) is 10.7 Å². The Morgan fingerprint density at radius 3 is 2.52 bits per heavy atom. The Hall–Kier alpha value is -4.12. The van der Waals surface area contributed by atoms with Crippen molar-refractivity contribution in [3.63, 3.8) is 0 Å². The standard InChI is InChI=1S/C26H24N4O/c1-18(2)14-20(29-17-27)15-19(3)31-21-11-12-23-22-8-4-5-9-24(22)30(25(23)16-21)26-10-6-7-13-28-26/h4-17H,1H2,2-3H3,(H2,27,29)/b19-15+,20-14+. The van der Waals surface area contributed by atoms with Crippen LogP contribution in [0.3, 0.4) is 0 Å². The number of benzene rings is 2. The molecule has 2 N–H and O–H groups in total. The molecule has 0 saturated carbocycles. The molecule has 0 bridgehead atoms. The Bertz CT molecular complexity index is 1340. The molecule has 5 heteroatoms. The number of hydrogen-bond acceptors (Lipinski definition) is 3. The Labute approximate surface area is 181 Å². The second kappa shape index (κ2) is 8.71. The van der Waals surface area contributed by atoms with Gasteiger partial charge in [-0.05, 0) is 50.3 Å². The van der Waals surface area contributed by atoms with Crippen LogP contribution in [0.4, 0.5) is 0 Å². The van der Waals surface area contributed by atoms with E-state index in [2.05, 4.69) is 45.4 Å². The molecule has 0 aliphatic rings. The number of nitrogens with zero attached hydrogens (tertiary/aromatic N) is 3. The fraction of sp³-hybridized carbons (Fsp3) is 0.0769. The summed E-state index contributed by atoms with van der Waals surface area (Å²) in [5, 5.41) is 2.32. The summed E-state index contributed by atoms with van der Waals surface area (Å²) in [7, 11) is 0. The van der Waals surface area contributed by atoms with Gasteiger partial charge in [0.25, 0.3) is 0 Å². The van der Waals surface area contributed by atoms with Crippen molar-refractivity contribution in [2.75, 3.05) is 0 Å². The molecule has 31 heavy (non-hydrogen) atoms. The highest BCUT2D eigenvalue weighted by atomic mass is 16.5. The molecule has 0 atom stereocenters. The maximum Gasteiger partial charge on any atom is 0.137 e. The van der Waals surface area contributed by atoms with Gasteiger partial charge in [0.2, 0.25) is 0 Å². The number of fused-ring (bicyclic) bond motifs is 3. The van der Waals surface area contributed by atoms with Gasteiger partial charge < -0.3 is 10.5 Å². The molecule has 0 radical (unpaired) electrons. The number of aliphatic imine (C=N–C) groups is 1. The van der Waals surface area contributed by atoms with Gasteiger partial charge in [-0.2, -0.15) is 0 Å². The van der Waals surface area contributed by atoms with E-state index in [4.69, 9.17) is 10.5 Å².